The number of nitrogens with zero attached hydrogens (tertiary/aromatic N) is 1. The van der Waals surface area contributed by atoms with Crippen LogP contribution in [0.5, 0.6) is 0 Å². The Bertz CT molecular complexity index is 513. The Kier molecular flexibility index (Phi) is 7.31. The Morgan fingerprint density at radius 2 is 1.90 bits per heavy atom. The Labute approximate surface area is 127 Å². The van der Waals surface area contributed by atoms with E-state index in [0.717, 1.165) is 12.0 Å². The molecule has 1 N–H and O–H groups in total. The molecule has 1 aromatic rings. The molecule has 6 heteroatoms. The van der Waals surface area contributed by atoms with Crippen LogP contribution < -0.4 is 0 Å². The van der Waals surface area contributed by atoms with Crippen LogP contribution in [0.15, 0.2) is 29.2 Å². The zero-order chi connectivity index (χ0) is 15.9. The van der Waals surface area contributed by atoms with Crippen LogP contribution in [-0.2, 0) is 21.2 Å². The number of ether oxygens (including phenoxy) is 1. The zero-order valence-electron chi connectivity index (χ0n) is 12.9. The quantitative estimate of drug-likeness (QED) is 0.752. The van der Waals surface area contributed by atoms with E-state index in [1.165, 1.54) is 4.31 Å². The molecule has 0 bridgehead atoms. The van der Waals surface area contributed by atoms with Gasteiger partial charge in [0.2, 0.25) is 10.0 Å². The van der Waals surface area contributed by atoms with Crippen LogP contribution in [0.25, 0.3) is 0 Å². The predicted molar refractivity (Wildman–Crippen MR) is 82.8 cm³/mol. The molecule has 0 fully saturated rings. The van der Waals surface area contributed by atoms with Gasteiger partial charge in [0.1, 0.15) is 0 Å². The van der Waals surface area contributed by atoms with Gasteiger partial charge in [-0.15, -0.1) is 0 Å². The van der Waals surface area contributed by atoms with Gasteiger partial charge in [0.05, 0.1) is 11.5 Å². The predicted octanol–water partition coefficient (Wildman–Crippen LogP) is 1.66. The third kappa shape index (κ3) is 4.78. The first-order valence-electron chi connectivity index (χ1n) is 7.18. The molecule has 0 aliphatic carbocycles. The third-order valence-corrected chi connectivity index (χ3v) is 5.56. The SMILES string of the molecule is CCC(C)N(CCOC)S(=O)(=O)c1ccc(CCO)cc1. The van der Waals surface area contributed by atoms with Gasteiger partial charge in [0, 0.05) is 26.3 Å². The number of sulfonamides is 1. The van der Waals surface area contributed by atoms with Crippen molar-refractivity contribution in [1.29, 1.82) is 0 Å². The highest BCUT2D eigenvalue weighted by Gasteiger charge is 2.27. The van der Waals surface area contributed by atoms with E-state index in [2.05, 4.69) is 0 Å². The molecule has 21 heavy (non-hydrogen) atoms. The van der Waals surface area contributed by atoms with Crippen LogP contribution in [0.4, 0.5) is 0 Å². The van der Waals surface area contributed by atoms with E-state index in [-0.39, 0.29) is 17.5 Å². The van der Waals surface area contributed by atoms with Crippen molar-refractivity contribution in [3.05, 3.63) is 29.8 Å². The van der Waals surface area contributed by atoms with Crippen molar-refractivity contribution < 1.29 is 18.3 Å². The fourth-order valence-electron chi connectivity index (χ4n) is 2.05. The maximum atomic E-state index is 12.7. The summed E-state index contributed by atoms with van der Waals surface area (Å²) in [6.07, 6.45) is 1.27. The number of aliphatic hydroxyl groups excluding tert-OH is 1. The van der Waals surface area contributed by atoms with Gasteiger partial charge in [0.15, 0.2) is 0 Å². The molecule has 1 atom stereocenters. The number of rotatable bonds is 9. The van der Waals surface area contributed by atoms with Crippen molar-refractivity contribution in [2.75, 3.05) is 26.9 Å². The number of aliphatic hydroxyl groups is 1. The minimum Gasteiger partial charge on any atom is -0.396 e. The molecule has 0 heterocycles. The maximum Gasteiger partial charge on any atom is 0.243 e. The summed E-state index contributed by atoms with van der Waals surface area (Å²) in [7, 11) is -1.96. The van der Waals surface area contributed by atoms with Crippen molar-refractivity contribution >= 4 is 10.0 Å². The molecule has 0 radical (unpaired) electrons. The van der Waals surface area contributed by atoms with Crippen LogP contribution in [0.2, 0.25) is 0 Å². The summed E-state index contributed by atoms with van der Waals surface area (Å²) in [4.78, 5) is 0.278. The molecule has 0 aromatic heterocycles. The summed E-state index contributed by atoms with van der Waals surface area (Å²) in [6, 6.07) is 6.61. The maximum absolute atomic E-state index is 12.7. The van der Waals surface area contributed by atoms with Crippen LogP contribution >= 0.6 is 0 Å². The zero-order valence-corrected chi connectivity index (χ0v) is 13.8. The van der Waals surface area contributed by atoms with E-state index in [4.69, 9.17) is 9.84 Å². The van der Waals surface area contributed by atoms with E-state index in [1.54, 1.807) is 31.4 Å². The molecule has 0 aliphatic heterocycles. The van der Waals surface area contributed by atoms with Crippen LogP contribution in [-0.4, -0.2) is 50.7 Å². The lowest BCUT2D eigenvalue weighted by molar-refractivity contribution is 0.167. The molecular formula is C15H25NO4S. The number of methoxy groups -OCH3 is 1. The van der Waals surface area contributed by atoms with Crippen molar-refractivity contribution in [2.45, 2.75) is 37.6 Å². The minimum atomic E-state index is -3.53. The second-order valence-corrected chi connectivity index (χ2v) is 6.87. The summed E-state index contributed by atoms with van der Waals surface area (Å²) in [6.45, 7) is 4.62. The highest BCUT2D eigenvalue weighted by Crippen LogP contribution is 2.20. The Morgan fingerprint density at radius 1 is 1.29 bits per heavy atom. The van der Waals surface area contributed by atoms with Crippen LogP contribution in [0.3, 0.4) is 0 Å². The first-order valence-corrected chi connectivity index (χ1v) is 8.62. The molecular weight excluding hydrogens is 290 g/mol. The third-order valence-electron chi connectivity index (χ3n) is 3.53. The Hall–Kier alpha value is -0.950. The van der Waals surface area contributed by atoms with E-state index in [0.29, 0.717) is 19.6 Å². The largest absolute Gasteiger partial charge is 0.396 e. The highest BCUT2D eigenvalue weighted by atomic mass is 32.2. The summed E-state index contributed by atoms with van der Waals surface area (Å²) < 4.78 is 32.0. The fourth-order valence-corrected chi connectivity index (χ4v) is 3.74. The highest BCUT2D eigenvalue weighted by molar-refractivity contribution is 7.89. The molecule has 0 amide bonds. The van der Waals surface area contributed by atoms with E-state index < -0.39 is 10.0 Å². The van der Waals surface area contributed by atoms with Crippen LogP contribution in [0, 0.1) is 0 Å². The second-order valence-electron chi connectivity index (χ2n) is 4.98. The van der Waals surface area contributed by atoms with Gasteiger partial charge in [-0.05, 0) is 37.5 Å². The molecule has 1 aromatic carbocycles. The summed E-state index contributed by atoms with van der Waals surface area (Å²) in [5, 5.41) is 8.90. The van der Waals surface area contributed by atoms with Gasteiger partial charge in [-0.3, -0.25) is 0 Å². The summed E-state index contributed by atoms with van der Waals surface area (Å²) >= 11 is 0. The monoisotopic (exact) mass is 315 g/mol. The lowest BCUT2D eigenvalue weighted by Gasteiger charge is -2.27. The second kappa shape index (κ2) is 8.48. The summed E-state index contributed by atoms with van der Waals surface area (Å²) in [5.74, 6) is 0. The first kappa shape index (κ1) is 18.1. The van der Waals surface area contributed by atoms with Crippen molar-refractivity contribution in [3.63, 3.8) is 0 Å². The van der Waals surface area contributed by atoms with Gasteiger partial charge in [-0.25, -0.2) is 8.42 Å². The topological polar surface area (TPSA) is 66.8 Å². The number of hydrogen-bond acceptors (Lipinski definition) is 4. The van der Waals surface area contributed by atoms with Gasteiger partial charge in [0.25, 0.3) is 0 Å². The Morgan fingerprint density at radius 3 is 2.38 bits per heavy atom. The molecule has 0 aliphatic rings. The van der Waals surface area contributed by atoms with E-state index in [9.17, 15) is 8.42 Å². The number of hydrogen-bond donors (Lipinski definition) is 1. The smallest absolute Gasteiger partial charge is 0.243 e. The van der Waals surface area contributed by atoms with Crippen LogP contribution in [0.1, 0.15) is 25.8 Å². The molecule has 1 unspecified atom stereocenters. The van der Waals surface area contributed by atoms with Gasteiger partial charge in [-0.2, -0.15) is 4.31 Å². The number of benzene rings is 1. The molecule has 120 valence electrons. The first-order chi connectivity index (χ1) is 9.97. The average molecular weight is 315 g/mol. The van der Waals surface area contributed by atoms with Gasteiger partial charge < -0.3 is 9.84 Å². The Balaban J connectivity index is 3.03. The lowest BCUT2D eigenvalue weighted by Crippen LogP contribution is -2.40. The van der Waals surface area contributed by atoms with Gasteiger partial charge >= 0.3 is 0 Å². The minimum absolute atomic E-state index is 0.0545. The van der Waals surface area contributed by atoms with E-state index >= 15 is 0 Å². The average Bonchev–Trinajstić information content (AvgIpc) is 2.48. The van der Waals surface area contributed by atoms with Crippen molar-refractivity contribution in [1.82, 2.24) is 4.31 Å². The molecule has 0 spiro atoms. The molecule has 5 nitrogen and oxygen atoms in total. The molecule has 0 saturated heterocycles. The van der Waals surface area contributed by atoms with E-state index in [1.807, 2.05) is 13.8 Å². The summed E-state index contributed by atoms with van der Waals surface area (Å²) in [5.41, 5.74) is 0.920. The van der Waals surface area contributed by atoms with Crippen molar-refractivity contribution in [3.8, 4) is 0 Å². The van der Waals surface area contributed by atoms with Crippen molar-refractivity contribution in [2.24, 2.45) is 0 Å². The van der Waals surface area contributed by atoms with Gasteiger partial charge in [-0.1, -0.05) is 19.1 Å². The standard InChI is InChI=1S/C15H25NO4S/c1-4-13(2)16(10-12-20-3)21(18,19)15-7-5-14(6-8-15)9-11-17/h5-8,13,17H,4,9-12H2,1-3H3. The normalized spacial score (nSPS) is 13.6. The molecule has 0 saturated carbocycles. The molecule has 1 rings (SSSR count). The lowest BCUT2D eigenvalue weighted by atomic mass is 10.2. The fraction of sp³-hybridized carbons (Fsp3) is 0.600.